The lowest BCUT2D eigenvalue weighted by molar-refractivity contribution is 0.0383. The summed E-state index contributed by atoms with van der Waals surface area (Å²) in [6.07, 6.45) is 1.91. The molecule has 0 radical (unpaired) electrons. The van der Waals surface area contributed by atoms with Crippen LogP contribution in [0.15, 0.2) is 18.2 Å². The van der Waals surface area contributed by atoms with Crippen LogP contribution in [0.25, 0.3) is 0 Å². The van der Waals surface area contributed by atoms with Crippen molar-refractivity contribution < 1.29 is 14.6 Å². The van der Waals surface area contributed by atoms with Gasteiger partial charge in [-0.1, -0.05) is 13.3 Å². The summed E-state index contributed by atoms with van der Waals surface area (Å²) in [5, 5.41) is 9.84. The van der Waals surface area contributed by atoms with Gasteiger partial charge in [0.2, 0.25) is 0 Å². The number of carbonyl (C=O) groups excluding carboxylic acids is 1. The van der Waals surface area contributed by atoms with Crippen LogP contribution >= 0.6 is 0 Å². The first-order chi connectivity index (χ1) is 8.99. The lowest BCUT2D eigenvalue weighted by Crippen LogP contribution is -2.68. The van der Waals surface area contributed by atoms with Crippen molar-refractivity contribution in [3.63, 3.8) is 0 Å². The quantitative estimate of drug-likeness (QED) is 0.860. The summed E-state index contributed by atoms with van der Waals surface area (Å²) in [4.78, 5) is 13.9. The number of hydrogen-bond acceptors (Lipinski definition) is 4. The summed E-state index contributed by atoms with van der Waals surface area (Å²) in [5.74, 6) is 0.281. The van der Waals surface area contributed by atoms with Crippen LogP contribution < -0.4 is 10.5 Å². The molecule has 19 heavy (non-hydrogen) atoms. The molecule has 1 aromatic rings. The van der Waals surface area contributed by atoms with Crippen LogP contribution in [0.4, 0.5) is 0 Å². The van der Waals surface area contributed by atoms with Crippen LogP contribution in [0.3, 0.4) is 0 Å². The average Bonchev–Trinajstić information content (AvgIpc) is 2.35. The van der Waals surface area contributed by atoms with Gasteiger partial charge in [-0.25, -0.2) is 0 Å². The minimum Gasteiger partial charge on any atom is -0.507 e. The van der Waals surface area contributed by atoms with E-state index in [4.69, 9.17) is 10.5 Å². The Morgan fingerprint density at radius 3 is 2.74 bits per heavy atom. The number of likely N-dealkylation sites (tertiary alicyclic amines) is 1. The second-order valence-corrected chi connectivity index (χ2v) is 5.16. The highest BCUT2D eigenvalue weighted by Gasteiger charge is 2.41. The number of phenols is 1. The highest BCUT2D eigenvalue weighted by molar-refractivity contribution is 5.97. The van der Waals surface area contributed by atoms with Gasteiger partial charge >= 0.3 is 0 Å². The number of aromatic hydroxyl groups is 1. The number of ether oxygens (including phenoxy) is 1. The molecule has 0 bridgehead atoms. The van der Waals surface area contributed by atoms with Crippen molar-refractivity contribution in [1.82, 2.24) is 4.90 Å². The van der Waals surface area contributed by atoms with Crippen LogP contribution in [-0.2, 0) is 0 Å². The molecule has 1 fully saturated rings. The summed E-state index contributed by atoms with van der Waals surface area (Å²) in [5.41, 5.74) is 6.16. The second-order valence-electron chi connectivity index (χ2n) is 5.16. The molecule has 0 saturated carbocycles. The van der Waals surface area contributed by atoms with E-state index >= 15 is 0 Å². The third-order valence-corrected chi connectivity index (χ3v) is 3.48. The molecule has 1 aliphatic rings. The smallest absolute Gasteiger partial charge is 0.257 e. The number of nitrogens with zero attached hydrogens (tertiary/aromatic N) is 1. The van der Waals surface area contributed by atoms with Gasteiger partial charge in [0.1, 0.15) is 11.5 Å². The van der Waals surface area contributed by atoms with E-state index in [2.05, 4.69) is 6.92 Å². The molecule has 3 N–H and O–H groups in total. The van der Waals surface area contributed by atoms with Crippen LogP contribution in [0, 0.1) is 0 Å². The molecular formula is C14H20N2O3. The molecule has 5 nitrogen and oxygen atoms in total. The molecule has 1 aromatic carbocycles. The van der Waals surface area contributed by atoms with E-state index in [0.29, 0.717) is 24.4 Å². The summed E-state index contributed by atoms with van der Waals surface area (Å²) >= 11 is 0. The van der Waals surface area contributed by atoms with E-state index in [1.54, 1.807) is 17.0 Å². The zero-order valence-corrected chi connectivity index (χ0v) is 11.3. The van der Waals surface area contributed by atoms with Crippen molar-refractivity contribution in [2.24, 2.45) is 5.73 Å². The first kappa shape index (κ1) is 13.7. The Morgan fingerprint density at radius 2 is 2.21 bits per heavy atom. The van der Waals surface area contributed by atoms with Crippen molar-refractivity contribution >= 4 is 5.91 Å². The molecule has 104 valence electrons. The molecule has 0 atom stereocenters. The van der Waals surface area contributed by atoms with E-state index in [1.807, 2.05) is 0 Å². The third kappa shape index (κ3) is 2.66. The van der Waals surface area contributed by atoms with Gasteiger partial charge in [0, 0.05) is 19.2 Å². The molecule has 5 heteroatoms. The Bertz CT molecular complexity index is 482. The maximum atomic E-state index is 12.2. The van der Waals surface area contributed by atoms with Gasteiger partial charge < -0.3 is 20.5 Å². The Morgan fingerprint density at radius 1 is 1.53 bits per heavy atom. The van der Waals surface area contributed by atoms with Crippen molar-refractivity contribution in [2.75, 3.05) is 20.2 Å². The largest absolute Gasteiger partial charge is 0.507 e. The summed E-state index contributed by atoms with van der Waals surface area (Å²) in [6.45, 7) is 3.17. The third-order valence-electron chi connectivity index (χ3n) is 3.48. The fraction of sp³-hybridized carbons (Fsp3) is 0.500. The van der Waals surface area contributed by atoms with E-state index in [0.717, 1.165) is 12.8 Å². The Balaban J connectivity index is 2.06. The number of nitrogens with two attached hydrogens (primary N) is 1. The number of amides is 1. The van der Waals surface area contributed by atoms with Gasteiger partial charge in [0.05, 0.1) is 18.2 Å². The molecule has 0 spiro atoms. The number of methoxy groups -OCH3 is 1. The van der Waals surface area contributed by atoms with Gasteiger partial charge in [-0.3, -0.25) is 4.79 Å². The topological polar surface area (TPSA) is 75.8 Å². The van der Waals surface area contributed by atoms with Crippen LogP contribution in [-0.4, -0.2) is 41.7 Å². The average molecular weight is 264 g/mol. The van der Waals surface area contributed by atoms with E-state index in [-0.39, 0.29) is 17.2 Å². The van der Waals surface area contributed by atoms with Gasteiger partial charge in [-0.2, -0.15) is 0 Å². The first-order valence-corrected chi connectivity index (χ1v) is 6.44. The molecule has 1 aliphatic heterocycles. The standard InChI is InChI=1S/C14H20N2O3/c1-3-6-14(15)8-16(9-14)13(18)11-5-4-10(19-2)7-12(11)17/h4-5,7,17H,3,6,8-9,15H2,1-2H3. The van der Waals surface area contributed by atoms with Crippen LogP contribution in [0.2, 0.25) is 0 Å². The van der Waals surface area contributed by atoms with E-state index < -0.39 is 0 Å². The molecular weight excluding hydrogens is 244 g/mol. The van der Waals surface area contributed by atoms with Crippen LogP contribution in [0.5, 0.6) is 11.5 Å². The SMILES string of the molecule is CCCC1(N)CN(C(=O)c2ccc(OC)cc2O)C1. The van der Waals surface area contributed by atoms with Crippen molar-refractivity contribution in [3.8, 4) is 11.5 Å². The molecule has 1 heterocycles. The van der Waals surface area contributed by atoms with Gasteiger partial charge in [0.15, 0.2) is 0 Å². The Hall–Kier alpha value is -1.75. The number of rotatable bonds is 4. The molecule has 0 unspecified atom stereocenters. The van der Waals surface area contributed by atoms with Crippen molar-refractivity contribution in [1.29, 1.82) is 0 Å². The summed E-state index contributed by atoms with van der Waals surface area (Å²) in [7, 11) is 1.51. The summed E-state index contributed by atoms with van der Waals surface area (Å²) < 4.78 is 4.99. The maximum Gasteiger partial charge on any atom is 0.257 e. The Kier molecular flexibility index (Phi) is 3.66. The lowest BCUT2D eigenvalue weighted by Gasteiger charge is -2.47. The first-order valence-electron chi connectivity index (χ1n) is 6.44. The van der Waals surface area contributed by atoms with Crippen molar-refractivity contribution in [3.05, 3.63) is 23.8 Å². The normalized spacial score (nSPS) is 16.9. The van der Waals surface area contributed by atoms with E-state index in [9.17, 15) is 9.90 Å². The maximum absolute atomic E-state index is 12.2. The number of benzene rings is 1. The number of carbonyl (C=O) groups is 1. The molecule has 2 rings (SSSR count). The Labute approximate surface area is 113 Å². The fourth-order valence-electron chi connectivity index (χ4n) is 2.50. The highest BCUT2D eigenvalue weighted by Crippen LogP contribution is 2.29. The molecule has 0 aliphatic carbocycles. The zero-order chi connectivity index (χ0) is 14.0. The van der Waals surface area contributed by atoms with E-state index in [1.165, 1.54) is 13.2 Å². The number of hydrogen-bond donors (Lipinski definition) is 2. The predicted molar refractivity (Wildman–Crippen MR) is 72.4 cm³/mol. The van der Waals surface area contributed by atoms with Crippen LogP contribution in [0.1, 0.15) is 30.1 Å². The lowest BCUT2D eigenvalue weighted by atomic mass is 9.86. The zero-order valence-electron chi connectivity index (χ0n) is 11.3. The summed E-state index contributed by atoms with van der Waals surface area (Å²) in [6, 6.07) is 4.68. The van der Waals surface area contributed by atoms with Gasteiger partial charge in [-0.15, -0.1) is 0 Å². The van der Waals surface area contributed by atoms with Crippen molar-refractivity contribution in [2.45, 2.75) is 25.3 Å². The molecule has 1 saturated heterocycles. The fourth-order valence-corrected chi connectivity index (χ4v) is 2.50. The van der Waals surface area contributed by atoms with Gasteiger partial charge in [0.25, 0.3) is 5.91 Å². The molecule has 0 aromatic heterocycles. The highest BCUT2D eigenvalue weighted by atomic mass is 16.5. The minimum atomic E-state index is -0.257. The predicted octanol–water partition coefficient (Wildman–Crippen LogP) is 1.35. The molecule has 1 amide bonds. The minimum absolute atomic E-state index is 0.0608. The van der Waals surface area contributed by atoms with Gasteiger partial charge in [-0.05, 0) is 18.6 Å². The monoisotopic (exact) mass is 264 g/mol. The number of phenolic OH excluding ortho intramolecular Hbond substituents is 1. The second kappa shape index (κ2) is 5.09.